The molecule has 1 aliphatic heterocycles. The van der Waals surface area contributed by atoms with E-state index in [1.165, 1.54) is 24.0 Å². The van der Waals surface area contributed by atoms with Crippen LogP contribution in [-0.4, -0.2) is 24.7 Å². The van der Waals surface area contributed by atoms with Crippen molar-refractivity contribution in [3.63, 3.8) is 0 Å². The number of hydrogen-bond acceptors (Lipinski definition) is 3. The number of hydrogen-bond donors (Lipinski definition) is 1. The van der Waals surface area contributed by atoms with E-state index < -0.39 is 0 Å². The van der Waals surface area contributed by atoms with Gasteiger partial charge in [-0.3, -0.25) is 4.98 Å². The molecule has 1 aromatic heterocycles. The molecular weight excluding hydrogens is 212 g/mol. The van der Waals surface area contributed by atoms with Crippen molar-refractivity contribution >= 4 is 0 Å². The maximum atomic E-state index is 5.66. The van der Waals surface area contributed by atoms with Crippen LogP contribution < -0.4 is 5.32 Å². The van der Waals surface area contributed by atoms with Crippen LogP contribution in [0.5, 0.6) is 0 Å². The molecule has 0 bridgehead atoms. The lowest BCUT2D eigenvalue weighted by Crippen LogP contribution is -2.19. The van der Waals surface area contributed by atoms with Crippen molar-refractivity contribution in [3.8, 4) is 0 Å². The Labute approximate surface area is 104 Å². The molecule has 0 saturated carbocycles. The van der Waals surface area contributed by atoms with Crippen molar-refractivity contribution < 1.29 is 4.74 Å². The number of rotatable bonds is 5. The fourth-order valence-electron chi connectivity index (χ4n) is 2.47. The normalized spacial score (nSPS) is 21.6. The molecule has 1 saturated heterocycles. The van der Waals surface area contributed by atoms with Crippen molar-refractivity contribution in [2.75, 3.05) is 13.7 Å². The van der Waals surface area contributed by atoms with E-state index in [0.717, 1.165) is 19.4 Å². The average Bonchev–Trinajstić information content (AvgIpc) is 2.83. The molecule has 0 aromatic carbocycles. The van der Waals surface area contributed by atoms with Crippen molar-refractivity contribution in [1.82, 2.24) is 10.3 Å². The van der Waals surface area contributed by atoms with Gasteiger partial charge in [-0.15, -0.1) is 0 Å². The summed E-state index contributed by atoms with van der Waals surface area (Å²) in [6.45, 7) is 3.03. The lowest BCUT2D eigenvalue weighted by atomic mass is 10.00. The Bertz CT molecular complexity index is 348. The molecule has 17 heavy (non-hydrogen) atoms. The highest BCUT2D eigenvalue weighted by atomic mass is 16.5. The number of nitrogens with zero attached hydrogens (tertiary/aromatic N) is 1. The molecule has 0 spiro atoms. The van der Waals surface area contributed by atoms with Gasteiger partial charge in [-0.05, 0) is 50.8 Å². The molecule has 2 unspecified atom stereocenters. The largest absolute Gasteiger partial charge is 0.378 e. The molecule has 1 fully saturated rings. The predicted molar refractivity (Wildman–Crippen MR) is 69.0 cm³/mol. The molecule has 0 amide bonds. The number of aryl methyl sites for hydroxylation is 1. The smallest absolute Gasteiger partial charge is 0.0576 e. The lowest BCUT2D eigenvalue weighted by Gasteiger charge is -2.18. The molecule has 3 nitrogen and oxygen atoms in total. The van der Waals surface area contributed by atoms with E-state index in [1.54, 1.807) is 0 Å². The zero-order valence-corrected chi connectivity index (χ0v) is 10.8. The van der Waals surface area contributed by atoms with Gasteiger partial charge in [-0.25, -0.2) is 0 Å². The highest BCUT2D eigenvalue weighted by Gasteiger charge is 2.18. The average molecular weight is 234 g/mol. The Morgan fingerprint density at radius 1 is 1.53 bits per heavy atom. The molecule has 2 heterocycles. The Hall–Kier alpha value is -0.930. The summed E-state index contributed by atoms with van der Waals surface area (Å²) in [5.41, 5.74) is 2.50. The summed E-state index contributed by atoms with van der Waals surface area (Å²) in [5.74, 6) is 0. The lowest BCUT2D eigenvalue weighted by molar-refractivity contribution is 0.0998. The van der Waals surface area contributed by atoms with Gasteiger partial charge >= 0.3 is 0 Å². The SMILES string of the molecule is CNC(CCC1CCCO1)c1cncc(C)c1. The highest BCUT2D eigenvalue weighted by molar-refractivity contribution is 5.20. The summed E-state index contributed by atoms with van der Waals surface area (Å²) in [5, 5.41) is 3.37. The topological polar surface area (TPSA) is 34.1 Å². The molecular formula is C14H22N2O. The monoisotopic (exact) mass is 234 g/mol. The van der Waals surface area contributed by atoms with E-state index in [0.29, 0.717) is 12.1 Å². The van der Waals surface area contributed by atoms with Gasteiger partial charge in [0.15, 0.2) is 0 Å². The molecule has 3 heteroatoms. The van der Waals surface area contributed by atoms with Gasteiger partial charge in [-0.1, -0.05) is 6.07 Å². The van der Waals surface area contributed by atoms with Gasteiger partial charge in [0.05, 0.1) is 6.10 Å². The van der Waals surface area contributed by atoms with Crippen molar-refractivity contribution in [2.24, 2.45) is 0 Å². The maximum Gasteiger partial charge on any atom is 0.0576 e. The third kappa shape index (κ3) is 3.51. The molecule has 1 aromatic rings. The second-order valence-electron chi connectivity index (χ2n) is 4.85. The van der Waals surface area contributed by atoms with Crippen LogP contribution in [0.25, 0.3) is 0 Å². The van der Waals surface area contributed by atoms with E-state index in [-0.39, 0.29) is 0 Å². The molecule has 0 aliphatic carbocycles. The Kier molecular flexibility index (Phi) is 4.51. The molecule has 1 aliphatic rings. The van der Waals surface area contributed by atoms with Crippen LogP contribution in [0, 0.1) is 6.92 Å². The van der Waals surface area contributed by atoms with E-state index in [4.69, 9.17) is 4.74 Å². The van der Waals surface area contributed by atoms with Crippen LogP contribution in [0.15, 0.2) is 18.5 Å². The Morgan fingerprint density at radius 3 is 3.06 bits per heavy atom. The summed E-state index contributed by atoms with van der Waals surface area (Å²) >= 11 is 0. The van der Waals surface area contributed by atoms with E-state index in [1.807, 2.05) is 19.4 Å². The quantitative estimate of drug-likeness (QED) is 0.850. The van der Waals surface area contributed by atoms with Crippen LogP contribution in [0.1, 0.15) is 42.9 Å². The van der Waals surface area contributed by atoms with E-state index in [9.17, 15) is 0 Å². The van der Waals surface area contributed by atoms with Crippen LogP contribution in [0.2, 0.25) is 0 Å². The number of aromatic nitrogens is 1. The fourth-order valence-corrected chi connectivity index (χ4v) is 2.47. The summed E-state index contributed by atoms with van der Waals surface area (Å²) in [4.78, 5) is 4.26. The second-order valence-corrected chi connectivity index (χ2v) is 4.85. The third-order valence-corrected chi connectivity index (χ3v) is 3.45. The molecule has 2 rings (SSSR count). The fraction of sp³-hybridized carbons (Fsp3) is 0.643. The first-order valence-electron chi connectivity index (χ1n) is 6.50. The first-order valence-corrected chi connectivity index (χ1v) is 6.50. The minimum atomic E-state index is 0.395. The second kappa shape index (κ2) is 6.12. The third-order valence-electron chi connectivity index (χ3n) is 3.45. The molecule has 0 radical (unpaired) electrons. The molecule has 94 valence electrons. The van der Waals surface area contributed by atoms with Crippen molar-refractivity contribution in [2.45, 2.75) is 44.8 Å². The van der Waals surface area contributed by atoms with Gasteiger partial charge < -0.3 is 10.1 Å². The summed E-state index contributed by atoms with van der Waals surface area (Å²) < 4.78 is 5.66. The summed E-state index contributed by atoms with van der Waals surface area (Å²) in [6, 6.07) is 2.61. The first-order chi connectivity index (χ1) is 8.29. The zero-order valence-electron chi connectivity index (χ0n) is 10.8. The molecule has 2 atom stereocenters. The standard InChI is InChI=1S/C14H22N2O/c1-11-8-12(10-16-9-11)14(15-2)6-5-13-4-3-7-17-13/h8-10,13-15H,3-7H2,1-2H3. The van der Waals surface area contributed by atoms with Gasteiger partial charge in [0.2, 0.25) is 0 Å². The number of ether oxygens (including phenoxy) is 1. The van der Waals surface area contributed by atoms with Gasteiger partial charge in [-0.2, -0.15) is 0 Å². The maximum absolute atomic E-state index is 5.66. The molecule has 1 N–H and O–H groups in total. The minimum absolute atomic E-state index is 0.395. The summed E-state index contributed by atoms with van der Waals surface area (Å²) in [7, 11) is 2.02. The first kappa shape index (κ1) is 12.5. The van der Waals surface area contributed by atoms with Gasteiger partial charge in [0.1, 0.15) is 0 Å². The van der Waals surface area contributed by atoms with Crippen LogP contribution in [-0.2, 0) is 4.74 Å². The van der Waals surface area contributed by atoms with Gasteiger partial charge in [0, 0.05) is 25.0 Å². The van der Waals surface area contributed by atoms with Gasteiger partial charge in [0.25, 0.3) is 0 Å². The van der Waals surface area contributed by atoms with Crippen LogP contribution >= 0.6 is 0 Å². The highest BCUT2D eigenvalue weighted by Crippen LogP contribution is 2.23. The summed E-state index contributed by atoms with van der Waals surface area (Å²) in [6.07, 6.45) is 9.04. The number of nitrogens with one attached hydrogen (secondary N) is 1. The predicted octanol–water partition coefficient (Wildman–Crippen LogP) is 2.61. The van der Waals surface area contributed by atoms with Crippen LogP contribution in [0.4, 0.5) is 0 Å². The Morgan fingerprint density at radius 2 is 2.41 bits per heavy atom. The number of pyridine rings is 1. The van der Waals surface area contributed by atoms with Crippen LogP contribution in [0.3, 0.4) is 0 Å². The Balaban J connectivity index is 1.91. The van der Waals surface area contributed by atoms with E-state index >= 15 is 0 Å². The van der Waals surface area contributed by atoms with Crippen molar-refractivity contribution in [1.29, 1.82) is 0 Å². The van der Waals surface area contributed by atoms with E-state index in [2.05, 4.69) is 23.3 Å². The van der Waals surface area contributed by atoms with Crippen molar-refractivity contribution in [3.05, 3.63) is 29.6 Å². The zero-order chi connectivity index (χ0) is 12.1. The minimum Gasteiger partial charge on any atom is -0.378 e.